The lowest BCUT2D eigenvalue weighted by molar-refractivity contribution is 0.263. The van der Waals surface area contributed by atoms with Crippen molar-refractivity contribution < 1.29 is 14.2 Å². The minimum Gasteiger partial charge on any atom is -0.493 e. The highest BCUT2D eigenvalue weighted by Crippen LogP contribution is 2.47. The molecule has 1 aromatic carbocycles. The molecule has 1 aliphatic rings. The summed E-state index contributed by atoms with van der Waals surface area (Å²) in [7, 11) is 7.04. The Balaban J connectivity index is 2.50. The van der Waals surface area contributed by atoms with E-state index in [4.69, 9.17) is 19.9 Å². The number of nitrogens with two attached hydrogens (primary N) is 1. The van der Waals surface area contributed by atoms with Crippen molar-refractivity contribution in [3.63, 3.8) is 0 Å². The first-order chi connectivity index (χ1) is 9.67. The van der Waals surface area contributed by atoms with E-state index in [0.717, 1.165) is 24.3 Å². The normalized spacial score (nSPS) is 22.9. The Labute approximate surface area is 120 Å². The van der Waals surface area contributed by atoms with Gasteiger partial charge in [0.05, 0.1) is 21.3 Å². The highest BCUT2D eigenvalue weighted by molar-refractivity contribution is 5.57. The maximum absolute atomic E-state index is 5.92. The highest BCUT2D eigenvalue weighted by atomic mass is 16.5. The Bertz CT molecular complexity index is 465. The largest absolute Gasteiger partial charge is 0.493 e. The molecule has 2 N–H and O–H groups in total. The van der Waals surface area contributed by atoms with E-state index in [1.54, 1.807) is 21.3 Å². The highest BCUT2D eigenvalue weighted by Gasteiger charge is 2.35. The zero-order valence-electron chi connectivity index (χ0n) is 12.7. The summed E-state index contributed by atoms with van der Waals surface area (Å²) in [5.74, 6) is 2.50. The van der Waals surface area contributed by atoms with Gasteiger partial charge in [-0.2, -0.15) is 0 Å². The fourth-order valence-corrected chi connectivity index (χ4v) is 3.12. The van der Waals surface area contributed by atoms with Crippen molar-refractivity contribution in [3.05, 3.63) is 17.7 Å². The predicted octanol–water partition coefficient (Wildman–Crippen LogP) is 1.66. The van der Waals surface area contributed by atoms with Crippen LogP contribution in [0.4, 0.5) is 0 Å². The first kappa shape index (κ1) is 14.9. The van der Waals surface area contributed by atoms with Gasteiger partial charge in [0.25, 0.3) is 0 Å². The van der Waals surface area contributed by atoms with E-state index in [2.05, 4.69) is 18.0 Å². The van der Waals surface area contributed by atoms with Crippen LogP contribution in [0.3, 0.4) is 0 Å². The van der Waals surface area contributed by atoms with Crippen molar-refractivity contribution in [1.29, 1.82) is 0 Å². The first-order valence-electron chi connectivity index (χ1n) is 6.87. The number of ether oxygens (including phenoxy) is 3. The van der Waals surface area contributed by atoms with Gasteiger partial charge in [-0.3, -0.25) is 4.90 Å². The smallest absolute Gasteiger partial charge is 0.203 e. The van der Waals surface area contributed by atoms with Gasteiger partial charge in [-0.15, -0.1) is 0 Å². The summed E-state index contributed by atoms with van der Waals surface area (Å²) in [6.45, 7) is 1.72. The molecule has 1 fully saturated rings. The van der Waals surface area contributed by atoms with Crippen molar-refractivity contribution in [1.82, 2.24) is 4.90 Å². The number of likely N-dealkylation sites (tertiary alicyclic amines) is 1. The average Bonchev–Trinajstić information content (AvgIpc) is 2.86. The standard InChI is InChI=1S/C15H24N2O3/c1-17-8-7-10(9-16)13(17)11-5-6-12(18-2)15(20-4)14(11)19-3/h5-6,10,13H,7-9,16H2,1-4H3. The van der Waals surface area contributed by atoms with Crippen LogP contribution in [0.25, 0.3) is 0 Å². The molecule has 5 heteroatoms. The summed E-state index contributed by atoms with van der Waals surface area (Å²) in [6.07, 6.45) is 1.11. The van der Waals surface area contributed by atoms with Gasteiger partial charge in [0.15, 0.2) is 11.5 Å². The zero-order chi connectivity index (χ0) is 14.7. The summed E-state index contributed by atoms with van der Waals surface area (Å²) in [4.78, 5) is 2.32. The molecule has 0 aromatic heterocycles. The fourth-order valence-electron chi connectivity index (χ4n) is 3.12. The predicted molar refractivity (Wildman–Crippen MR) is 78.6 cm³/mol. The van der Waals surface area contributed by atoms with Gasteiger partial charge in [-0.05, 0) is 44.6 Å². The Morgan fingerprint density at radius 2 is 1.85 bits per heavy atom. The average molecular weight is 280 g/mol. The number of hydrogen-bond acceptors (Lipinski definition) is 5. The molecule has 1 heterocycles. The summed E-state index contributed by atoms with van der Waals surface area (Å²) >= 11 is 0. The Kier molecular flexibility index (Phi) is 4.73. The van der Waals surface area contributed by atoms with Crippen LogP contribution in [0.5, 0.6) is 17.2 Å². The number of methoxy groups -OCH3 is 3. The number of rotatable bonds is 5. The molecule has 2 unspecified atom stereocenters. The van der Waals surface area contributed by atoms with Gasteiger partial charge >= 0.3 is 0 Å². The Morgan fingerprint density at radius 1 is 1.15 bits per heavy atom. The minimum atomic E-state index is 0.259. The van der Waals surface area contributed by atoms with Crippen LogP contribution in [-0.4, -0.2) is 46.4 Å². The molecule has 5 nitrogen and oxygen atoms in total. The fraction of sp³-hybridized carbons (Fsp3) is 0.600. The quantitative estimate of drug-likeness (QED) is 0.889. The summed E-state index contributed by atoms with van der Waals surface area (Å²) in [5, 5.41) is 0. The molecule has 1 aromatic rings. The maximum Gasteiger partial charge on any atom is 0.203 e. The summed E-state index contributed by atoms with van der Waals surface area (Å²) in [6, 6.07) is 4.24. The van der Waals surface area contributed by atoms with Crippen molar-refractivity contribution in [2.45, 2.75) is 12.5 Å². The molecular weight excluding hydrogens is 256 g/mol. The van der Waals surface area contributed by atoms with Crippen LogP contribution in [-0.2, 0) is 0 Å². The van der Waals surface area contributed by atoms with Crippen LogP contribution in [0.1, 0.15) is 18.0 Å². The van der Waals surface area contributed by atoms with E-state index in [9.17, 15) is 0 Å². The molecule has 2 atom stereocenters. The van der Waals surface area contributed by atoms with Gasteiger partial charge in [0.1, 0.15) is 0 Å². The summed E-state index contributed by atoms with van der Waals surface area (Å²) in [5.41, 5.74) is 7.03. The van der Waals surface area contributed by atoms with Crippen molar-refractivity contribution in [2.24, 2.45) is 11.7 Å². The maximum atomic E-state index is 5.92. The SMILES string of the molecule is COc1ccc(C2C(CN)CCN2C)c(OC)c1OC. The van der Waals surface area contributed by atoms with Crippen LogP contribution in [0.2, 0.25) is 0 Å². The van der Waals surface area contributed by atoms with Crippen LogP contribution in [0, 0.1) is 5.92 Å². The Morgan fingerprint density at radius 3 is 2.40 bits per heavy atom. The van der Waals surface area contributed by atoms with E-state index < -0.39 is 0 Å². The third kappa shape index (κ3) is 2.43. The molecule has 20 heavy (non-hydrogen) atoms. The minimum absolute atomic E-state index is 0.259. The van der Waals surface area contributed by atoms with Crippen LogP contribution in [0.15, 0.2) is 12.1 Å². The van der Waals surface area contributed by atoms with E-state index in [1.165, 1.54) is 0 Å². The van der Waals surface area contributed by atoms with Crippen LogP contribution >= 0.6 is 0 Å². The molecule has 1 aliphatic heterocycles. The van der Waals surface area contributed by atoms with Gasteiger partial charge in [0.2, 0.25) is 5.75 Å². The zero-order valence-corrected chi connectivity index (χ0v) is 12.7. The molecular formula is C15H24N2O3. The molecule has 0 bridgehead atoms. The van der Waals surface area contributed by atoms with Gasteiger partial charge < -0.3 is 19.9 Å². The van der Waals surface area contributed by atoms with Crippen LogP contribution < -0.4 is 19.9 Å². The lowest BCUT2D eigenvalue weighted by Gasteiger charge is -2.27. The third-order valence-electron chi connectivity index (χ3n) is 4.13. The molecule has 0 spiro atoms. The number of benzene rings is 1. The third-order valence-corrected chi connectivity index (χ3v) is 4.13. The van der Waals surface area contributed by atoms with E-state index in [-0.39, 0.29) is 6.04 Å². The van der Waals surface area contributed by atoms with E-state index >= 15 is 0 Å². The van der Waals surface area contributed by atoms with E-state index in [1.807, 2.05) is 6.07 Å². The van der Waals surface area contributed by atoms with Gasteiger partial charge in [-0.25, -0.2) is 0 Å². The van der Waals surface area contributed by atoms with Crippen molar-refractivity contribution >= 4 is 0 Å². The Hall–Kier alpha value is -1.46. The molecule has 2 rings (SSSR count). The van der Waals surface area contributed by atoms with Crippen molar-refractivity contribution in [3.8, 4) is 17.2 Å². The topological polar surface area (TPSA) is 57.0 Å². The van der Waals surface area contributed by atoms with Gasteiger partial charge in [-0.1, -0.05) is 0 Å². The monoisotopic (exact) mass is 280 g/mol. The lowest BCUT2D eigenvalue weighted by atomic mass is 9.92. The molecule has 0 saturated carbocycles. The van der Waals surface area contributed by atoms with Crippen molar-refractivity contribution in [2.75, 3.05) is 41.5 Å². The number of hydrogen-bond donors (Lipinski definition) is 1. The molecule has 0 amide bonds. The second-order valence-corrected chi connectivity index (χ2v) is 5.13. The summed E-state index contributed by atoms with van der Waals surface area (Å²) < 4.78 is 16.4. The molecule has 112 valence electrons. The lowest BCUT2D eigenvalue weighted by Crippen LogP contribution is -2.25. The molecule has 0 radical (unpaired) electrons. The molecule has 1 saturated heterocycles. The van der Waals surface area contributed by atoms with Gasteiger partial charge in [0, 0.05) is 11.6 Å². The second-order valence-electron chi connectivity index (χ2n) is 5.13. The van der Waals surface area contributed by atoms with E-state index in [0.29, 0.717) is 24.0 Å². The molecule has 0 aliphatic carbocycles. The first-order valence-corrected chi connectivity index (χ1v) is 6.87. The number of nitrogens with zero attached hydrogens (tertiary/aromatic N) is 1. The second kappa shape index (κ2) is 6.33.